The highest BCUT2D eigenvalue weighted by Gasteiger charge is 2.22. The Labute approximate surface area is 190 Å². The van der Waals surface area contributed by atoms with Crippen LogP contribution in [0.5, 0.6) is 0 Å². The average molecular weight is 425 g/mol. The van der Waals surface area contributed by atoms with Gasteiger partial charge in [0.2, 0.25) is 0 Å². The highest BCUT2D eigenvalue weighted by molar-refractivity contribution is 6.21. The molecule has 156 valence electrons. The highest BCUT2D eigenvalue weighted by atomic mass is 15.1. The molecule has 3 aromatic carbocycles. The average Bonchev–Trinajstić information content (AvgIpc) is 3.41. The smallest absolute Gasteiger partial charge is 0.165 e. The van der Waals surface area contributed by atoms with Crippen molar-refractivity contribution in [1.29, 1.82) is 0 Å². The van der Waals surface area contributed by atoms with E-state index in [1.54, 1.807) is 0 Å². The molecule has 0 unspecified atom stereocenters. The molecule has 0 spiro atoms. The molecular weight excluding hydrogens is 404 g/mol. The fourth-order valence-corrected chi connectivity index (χ4v) is 4.93. The van der Waals surface area contributed by atoms with Crippen LogP contribution < -0.4 is 0 Å². The maximum atomic E-state index is 5.24. The van der Waals surface area contributed by atoms with Crippen molar-refractivity contribution in [2.45, 2.75) is 6.54 Å². The molecule has 0 aliphatic carbocycles. The van der Waals surface area contributed by atoms with Gasteiger partial charge >= 0.3 is 0 Å². The van der Waals surface area contributed by atoms with Crippen LogP contribution in [-0.2, 0) is 6.54 Å². The molecular formula is C29H20N4. The van der Waals surface area contributed by atoms with Crippen LogP contribution in [0.3, 0.4) is 0 Å². The summed E-state index contributed by atoms with van der Waals surface area (Å²) >= 11 is 0. The van der Waals surface area contributed by atoms with Crippen LogP contribution in [0, 0.1) is 0 Å². The topological polar surface area (TPSA) is 35.1 Å². The van der Waals surface area contributed by atoms with Crippen LogP contribution in [0.1, 0.15) is 5.56 Å². The van der Waals surface area contributed by atoms with Crippen molar-refractivity contribution in [3.05, 3.63) is 115 Å². The fourth-order valence-electron chi connectivity index (χ4n) is 4.93. The Hall–Kier alpha value is -4.44. The minimum absolute atomic E-state index is 0.769. The molecule has 7 aromatic rings. The first-order valence-corrected chi connectivity index (χ1v) is 11.2. The van der Waals surface area contributed by atoms with E-state index in [9.17, 15) is 0 Å². The number of pyridine rings is 2. The Bertz CT molecular complexity index is 1780. The lowest BCUT2D eigenvalue weighted by atomic mass is 10.1. The van der Waals surface area contributed by atoms with Gasteiger partial charge in [0.15, 0.2) is 5.65 Å². The lowest BCUT2D eigenvalue weighted by molar-refractivity contribution is 0.868. The summed E-state index contributed by atoms with van der Waals surface area (Å²) in [4.78, 5) is 10.3. The molecule has 0 atom stereocenters. The number of hydrogen-bond donors (Lipinski definition) is 0. The van der Waals surface area contributed by atoms with E-state index >= 15 is 0 Å². The van der Waals surface area contributed by atoms with Gasteiger partial charge in [-0.25, -0.2) is 9.97 Å². The molecule has 0 bridgehead atoms. The first-order chi connectivity index (χ1) is 16.4. The van der Waals surface area contributed by atoms with E-state index in [4.69, 9.17) is 9.97 Å². The molecule has 0 aliphatic rings. The van der Waals surface area contributed by atoms with Crippen LogP contribution in [0.2, 0.25) is 0 Å². The minimum atomic E-state index is 0.769. The molecule has 0 aliphatic heterocycles. The number of benzene rings is 3. The number of hydrogen-bond acceptors (Lipinski definition) is 2. The number of fused-ring (bicyclic) bond motifs is 7. The van der Waals surface area contributed by atoms with Crippen molar-refractivity contribution in [1.82, 2.24) is 18.9 Å². The Morgan fingerprint density at radius 3 is 2.24 bits per heavy atom. The fraction of sp³-hybridized carbons (Fsp3) is 0.0345. The minimum Gasteiger partial charge on any atom is -0.334 e. The SMILES string of the molecule is c1ccc(Cn2c3ccccc3c3c4nc5ccccn5c4nc(-c4ccccc4)c32)cc1. The summed E-state index contributed by atoms with van der Waals surface area (Å²) in [5.41, 5.74) is 8.41. The molecule has 4 nitrogen and oxygen atoms in total. The van der Waals surface area contributed by atoms with Crippen molar-refractivity contribution < 1.29 is 0 Å². The van der Waals surface area contributed by atoms with E-state index in [-0.39, 0.29) is 0 Å². The third kappa shape index (κ3) is 2.71. The molecule has 4 heterocycles. The van der Waals surface area contributed by atoms with Gasteiger partial charge in [-0.2, -0.15) is 0 Å². The van der Waals surface area contributed by atoms with Crippen molar-refractivity contribution in [2.24, 2.45) is 0 Å². The van der Waals surface area contributed by atoms with E-state index in [1.165, 1.54) is 16.5 Å². The summed E-state index contributed by atoms with van der Waals surface area (Å²) in [5, 5.41) is 2.37. The van der Waals surface area contributed by atoms with Crippen LogP contribution >= 0.6 is 0 Å². The number of rotatable bonds is 3. The number of imidazole rings is 1. The quantitative estimate of drug-likeness (QED) is 0.316. The van der Waals surface area contributed by atoms with Gasteiger partial charge < -0.3 is 4.57 Å². The molecule has 0 saturated carbocycles. The maximum absolute atomic E-state index is 5.24. The van der Waals surface area contributed by atoms with Gasteiger partial charge in [0.05, 0.1) is 11.2 Å². The lowest BCUT2D eigenvalue weighted by Gasteiger charge is -2.11. The molecule has 0 fully saturated rings. The second-order valence-corrected chi connectivity index (χ2v) is 8.35. The van der Waals surface area contributed by atoms with Crippen LogP contribution in [0.15, 0.2) is 109 Å². The predicted molar refractivity (Wildman–Crippen MR) is 134 cm³/mol. The molecule has 33 heavy (non-hydrogen) atoms. The molecule has 4 heteroatoms. The predicted octanol–water partition coefficient (Wildman–Crippen LogP) is 6.71. The van der Waals surface area contributed by atoms with E-state index in [2.05, 4.69) is 87.8 Å². The van der Waals surface area contributed by atoms with Crippen molar-refractivity contribution in [3.8, 4) is 11.3 Å². The number of nitrogens with zero attached hydrogens (tertiary/aromatic N) is 4. The van der Waals surface area contributed by atoms with Crippen LogP contribution in [-0.4, -0.2) is 18.9 Å². The second-order valence-electron chi connectivity index (χ2n) is 8.35. The molecule has 0 saturated heterocycles. The summed E-state index contributed by atoms with van der Waals surface area (Å²) in [6.45, 7) is 0.769. The van der Waals surface area contributed by atoms with Gasteiger partial charge in [0, 0.05) is 34.6 Å². The second kappa shape index (κ2) is 7.04. The number of aromatic nitrogens is 4. The Morgan fingerprint density at radius 1 is 0.667 bits per heavy atom. The Balaban J connectivity index is 1.71. The Kier molecular flexibility index (Phi) is 3.87. The van der Waals surface area contributed by atoms with Crippen LogP contribution in [0.25, 0.3) is 49.9 Å². The van der Waals surface area contributed by atoms with Gasteiger partial charge in [0.1, 0.15) is 11.2 Å². The first-order valence-electron chi connectivity index (χ1n) is 11.2. The third-order valence-corrected chi connectivity index (χ3v) is 6.39. The lowest BCUT2D eigenvalue weighted by Crippen LogP contribution is -2.01. The standard InChI is InChI=1S/C29H20N4/c1-3-11-20(12-4-1)19-33-23-16-8-7-15-22(23)25-27-29(32-18-10-9-17-24(32)30-27)31-26(28(25)33)21-13-5-2-6-14-21/h1-18H,19H2. The van der Waals surface area contributed by atoms with E-state index in [0.29, 0.717) is 0 Å². The van der Waals surface area contributed by atoms with Gasteiger partial charge in [-0.3, -0.25) is 4.40 Å². The zero-order chi connectivity index (χ0) is 21.8. The van der Waals surface area contributed by atoms with E-state index in [1.807, 2.05) is 30.5 Å². The highest BCUT2D eigenvalue weighted by Crippen LogP contribution is 2.39. The van der Waals surface area contributed by atoms with Crippen molar-refractivity contribution in [2.75, 3.05) is 0 Å². The van der Waals surface area contributed by atoms with Crippen molar-refractivity contribution in [3.63, 3.8) is 0 Å². The molecule has 7 rings (SSSR count). The molecule has 0 amide bonds. The zero-order valence-electron chi connectivity index (χ0n) is 17.9. The summed E-state index contributed by atoms with van der Waals surface area (Å²) in [6, 6.07) is 35.8. The largest absolute Gasteiger partial charge is 0.334 e. The maximum Gasteiger partial charge on any atom is 0.165 e. The van der Waals surface area contributed by atoms with E-state index in [0.717, 1.165) is 45.5 Å². The Morgan fingerprint density at radius 2 is 1.39 bits per heavy atom. The van der Waals surface area contributed by atoms with E-state index < -0.39 is 0 Å². The first kappa shape index (κ1) is 18.2. The van der Waals surface area contributed by atoms with Gasteiger partial charge in [-0.15, -0.1) is 0 Å². The monoisotopic (exact) mass is 424 g/mol. The third-order valence-electron chi connectivity index (χ3n) is 6.39. The van der Waals surface area contributed by atoms with Crippen LogP contribution in [0.4, 0.5) is 0 Å². The van der Waals surface area contributed by atoms with Gasteiger partial charge in [-0.1, -0.05) is 84.9 Å². The zero-order valence-corrected chi connectivity index (χ0v) is 17.9. The van der Waals surface area contributed by atoms with Crippen molar-refractivity contribution >= 4 is 38.6 Å². The van der Waals surface area contributed by atoms with Gasteiger partial charge in [-0.05, 0) is 23.8 Å². The normalized spacial score (nSPS) is 11.8. The molecule has 0 N–H and O–H groups in total. The molecule has 4 aromatic heterocycles. The summed E-state index contributed by atoms with van der Waals surface area (Å²) < 4.78 is 4.49. The molecule has 0 radical (unpaired) electrons. The summed E-state index contributed by atoms with van der Waals surface area (Å²) in [5.74, 6) is 0. The van der Waals surface area contributed by atoms with Gasteiger partial charge in [0.25, 0.3) is 0 Å². The summed E-state index contributed by atoms with van der Waals surface area (Å²) in [6.07, 6.45) is 2.04. The number of para-hydroxylation sites is 1. The summed E-state index contributed by atoms with van der Waals surface area (Å²) in [7, 11) is 0.